The molecule has 0 saturated carbocycles. The first-order chi connectivity index (χ1) is 5.27. The zero-order valence-corrected chi connectivity index (χ0v) is 7.34. The predicted molar refractivity (Wildman–Crippen MR) is 44.6 cm³/mol. The molecule has 2 aliphatic rings. The number of hydrogen-bond acceptors (Lipinski definition) is 3. The second kappa shape index (κ2) is 3.60. The minimum atomic E-state index is -0.761. The smallest absolute Gasteiger partial charge is 0.320 e. The van der Waals surface area contributed by atoms with Crippen LogP contribution >= 0.6 is 12.4 Å². The number of rotatable bonds is 1. The number of carboxylic acid groups (broad SMARTS) is 1. The van der Waals surface area contributed by atoms with Crippen LogP contribution in [-0.4, -0.2) is 35.9 Å². The molecular weight excluding hydrogens is 182 g/mol. The van der Waals surface area contributed by atoms with Gasteiger partial charge in [-0.3, -0.25) is 10.1 Å². The van der Waals surface area contributed by atoms with E-state index in [2.05, 4.69) is 5.32 Å². The Bertz CT molecular complexity index is 175. The van der Waals surface area contributed by atoms with E-state index in [0.717, 1.165) is 13.0 Å². The number of carboxylic acids is 1. The number of carbonyl (C=O) groups is 1. The van der Waals surface area contributed by atoms with Crippen LogP contribution in [0.5, 0.6) is 0 Å². The van der Waals surface area contributed by atoms with Gasteiger partial charge in [-0.2, -0.15) is 0 Å². The first kappa shape index (κ1) is 9.77. The van der Waals surface area contributed by atoms with Gasteiger partial charge < -0.3 is 9.84 Å². The molecule has 0 aromatic rings. The van der Waals surface area contributed by atoms with Crippen molar-refractivity contribution in [3.8, 4) is 0 Å². The normalized spacial score (nSPS) is 38.8. The highest BCUT2D eigenvalue weighted by molar-refractivity contribution is 5.85. The molecule has 2 saturated heterocycles. The van der Waals surface area contributed by atoms with E-state index in [1.54, 1.807) is 0 Å². The van der Waals surface area contributed by atoms with Crippen molar-refractivity contribution in [2.24, 2.45) is 0 Å². The highest BCUT2D eigenvalue weighted by Gasteiger charge is 2.40. The van der Waals surface area contributed by atoms with E-state index in [1.807, 2.05) is 0 Å². The highest BCUT2D eigenvalue weighted by Crippen LogP contribution is 2.24. The molecule has 5 heteroatoms. The van der Waals surface area contributed by atoms with Gasteiger partial charge in [-0.25, -0.2) is 0 Å². The zero-order chi connectivity index (χ0) is 7.84. The Morgan fingerprint density at radius 1 is 1.58 bits per heavy atom. The van der Waals surface area contributed by atoms with Crippen molar-refractivity contribution in [2.45, 2.75) is 31.0 Å². The van der Waals surface area contributed by atoms with Crippen LogP contribution < -0.4 is 5.32 Å². The molecule has 3 atom stereocenters. The second-order valence-corrected chi connectivity index (χ2v) is 3.10. The third kappa shape index (κ3) is 1.55. The lowest BCUT2D eigenvalue weighted by Crippen LogP contribution is -2.35. The number of hydrogen-bond donors (Lipinski definition) is 2. The fourth-order valence-electron chi connectivity index (χ4n) is 1.80. The van der Waals surface area contributed by atoms with Gasteiger partial charge in [0.2, 0.25) is 0 Å². The second-order valence-electron chi connectivity index (χ2n) is 3.10. The van der Waals surface area contributed by atoms with Crippen LogP contribution in [0.3, 0.4) is 0 Å². The molecule has 0 amide bonds. The maximum absolute atomic E-state index is 10.5. The molecule has 0 aromatic carbocycles. The van der Waals surface area contributed by atoms with Crippen molar-refractivity contribution in [3.63, 3.8) is 0 Å². The Kier molecular flexibility index (Phi) is 2.93. The van der Waals surface area contributed by atoms with Gasteiger partial charge in [0.25, 0.3) is 0 Å². The average Bonchev–Trinajstić information content (AvgIpc) is 2.40. The minimum absolute atomic E-state index is 0. The fraction of sp³-hybridized carbons (Fsp3) is 0.857. The third-order valence-electron chi connectivity index (χ3n) is 2.39. The van der Waals surface area contributed by atoms with E-state index in [4.69, 9.17) is 9.84 Å². The highest BCUT2D eigenvalue weighted by atomic mass is 35.5. The lowest BCUT2D eigenvalue weighted by Gasteiger charge is -2.05. The first-order valence-electron chi connectivity index (χ1n) is 3.88. The monoisotopic (exact) mass is 193 g/mol. The number of nitrogens with one attached hydrogen (secondary N) is 1. The number of fused-ring (bicyclic) bond motifs is 1. The molecule has 2 fully saturated rings. The van der Waals surface area contributed by atoms with E-state index in [1.165, 1.54) is 0 Å². The molecular formula is C7H12ClNO3. The van der Waals surface area contributed by atoms with Crippen molar-refractivity contribution >= 4 is 18.4 Å². The van der Waals surface area contributed by atoms with Gasteiger partial charge in [0.05, 0.1) is 6.10 Å². The summed E-state index contributed by atoms with van der Waals surface area (Å²) in [7, 11) is 0. The van der Waals surface area contributed by atoms with E-state index >= 15 is 0 Å². The lowest BCUT2D eigenvalue weighted by atomic mass is 10.1. The van der Waals surface area contributed by atoms with E-state index in [9.17, 15) is 4.79 Å². The van der Waals surface area contributed by atoms with Gasteiger partial charge >= 0.3 is 5.97 Å². The maximum Gasteiger partial charge on any atom is 0.320 e. The van der Waals surface area contributed by atoms with Crippen LogP contribution in [0.15, 0.2) is 0 Å². The summed E-state index contributed by atoms with van der Waals surface area (Å²) in [6, 6.07) is -0.0959. The Balaban J connectivity index is 0.000000720. The quantitative estimate of drug-likeness (QED) is 0.616. The Morgan fingerprint density at radius 2 is 2.33 bits per heavy atom. The third-order valence-corrected chi connectivity index (χ3v) is 2.39. The molecule has 0 aliphatic carbocycles. The van der Waals surface area contributed by atoms with Crippen molar-refractivity contribution in [1.82, 2.24) is 5.32 Å². The molecule has 0 aromatic heterocycles. The van der Waals surface area contributed by atoms with Gasteiger partial charge in [-0.05, 0) is 6.42 Å². The van der Waals surface area contributed by atoms with Crippen LogP contribution in [0.1, 0.15) is 12.8 Å². The summed E-state index contributed by atoms with van der Waals surface area (Å²) < 4.78 is 5.33. The Labute approximate surface area is 76.7 Å². The summed E-state index contributed by atoms with van der Waals surface area (Å²) in [5, 5.41) is 11.7. The van der Waals surface area contributed by atoms with Crippen LogP contribution in [0.25, 0.3) is 0 Å². The topological polar surface area (TPSA) is 58.6 Å². The molecule has 0 spiro atoms. The largest absolute Gasteiger partial charge is 0.480 e. The summed E-state index contributed by atoms with van der Waals surface area (Å²) in [6.45, 7) is 0.772. The van der Waals surface area contributed by atoms with Gasteiger partial charge in [0, 0.05) is 19.1 Å². The summed E-state index contributed by atoms with van der Waals surface area (Å²) >= 11 is 0. The fourth-order valence-corrected chi connectivity index (χ4v) is 1.80. The van der Waals surface area contributed by atoms with Crippen LogP contribution in [-0.2, 0) is 9.53 Å². The van der Waals surface area contributed by atoms with Gasteiger partial charge in [0.15, 0.2) is 0 Å². The molecule has 1 unspecified atom stereocenters. The molecule has 0 bridgehead atoms. The van der Waals surface area contributed by atoms with Crippen LogP contribution in [0.2, 0.25) is 0 Å². The van der Waals surface area contributed by atoms with Gasteiger partial charge in [-0.15, -0.1) is 12.4 Å². The minimum Gasteiger partial charge on any atom is -0.480 e. The lowest BCUT2D eigenvalue weighted by molar-refractivity contribution is -0.139. The van der Waals surface area contributed by atoms with Gasteiger partial charge in [0.1, 0.15) is 6.04 Å². The molecule has 12 heavy (non-hydrogen) atoms. The Hall–Kier alpha value is -0.320. The maximum atomic E-state index is 10.5. The summed E-state index contributed by atoms with van der Waals surface area (Å²) in [4.78, 5) is 10.5. The summed E-state index contributed by atoms with van der Waals surface area (Å²) in [5.74, 6) is -0.761. The predicted octanol–water partition coefficient (Wildman–Crippen LogP) is 0.0122. The van der Waals surface area contributed by atoms with Gasteiger partial charge in [-0.1, -0.05) is 0 Å². The van der Waals surface area contributed by atoms with Crippen molar-refractivity contribution in [1.29, 1.82) is 0 Å². The van der Waals surface area contributed by atoms with Crippen molar-refractivity contribution in [3.05, 3.63) is 0 Å². The van der Waals surface area contributed by atoms with E-state index in [0.29, 0.717) is 6.42 Å². The molecule has 2 heterocycles. The molecule has 70 valence electrons. The molecule has 2 aliphatic heterocycles. The molecule has 0 radical (unpaired) electrons. The molecule has 2 N–H and O–H groups in total. The number of aliphatic carboxylic acids is 1. The average molecular weight is 194 g/mol. The Morgan fingerprint density at radius 3 is 2.92 bits per heavy atom. The molecule has 4 nitrogen and oxygen atoms in total. The van der Waals surface area contributed by atoms with E-state index < -0.39 is 5.97 Å². The molecule has 2 rings (SSSR count). The standard InChI is InChI=1S/C7H11NO3.ClH/c9-7(10)5-3-6-4(8-5)1-2-11-6;/h4-6,8H,1-3H2,(H,9,10);1H/t4-,5?,6-;/m0./s1. The summed E-state index contributed by atoms with van der Waals surface area (Å²) in [5.41, 5.74) is 0. The number of ether oxygens (including phenoxy) is 1. The van der Waals surface area contributed by atoms with E-state index in [-0.39, 0.29) is 30.6 Å². The SMILES string of the molecule is Cl.O=C(O)C1C[C@@H]2OCC[C@@H]2N1. The summed E-state index contributed by atoms with van der Waals surface area (Å²) in [6.07, 6.45) is 1.73. The van der Waals surface area contributed by atoms with Crippen LogP contribution in [0.4, 0.5) is 0 Å². The van der Waals surface area contributed by atoms with Crippen LogP contribution in [0, 0.1) is 0 Å². The van der Waals surface area contributed by atoms with Crippen molar-refractivity contribution < 1.29 is 14.6 Å². The van der Waals surface area contributed by atoms with Crippen molar-refractivity contribution in [2.75, 3.05) is 6.61 Å². The number of halogens is 1. The first-order valence-corrected chi connectivity index (χ1v) is 3.88. The zero-order valence-electron chi connectivity index (χ0n) is 6.53.